The van der Waals surface area contributed by atoms with Crippen LogP contribution in [0, 0.1) is 6.92 Å². The number of aromatic nitrogens is 3. The van der Waals surface area contributed by atoms with Gasteiger partial charge in [0.05, 0.1) is 5.69 Å². The standard InChI is InChI=1S/C24H27N5O2/c1-15-11-18(16-5-6-22(26-14-16)29-10-8-19(29)23(30)31)27-21(12-15)28-20-13-17(7-9-25-20)24(2,3)4/h5-7,9,11-14,19H,8,10H2,1-4H3,(H,30,31)(H,25,27,28). The summed E-state index contributed by atoms with van der Waals surface area (Å²) in [4.78, 5) is 26.7. The number of carboxylic acid groups (broad SMARTS) is 1. The third-order valence-corrected chi connectivity index (χ3v) is 5.49. The molecule has 0 aliphatic carbocycles. The van der Waals surface area contributed by atoms with E-state index in [-0.39, 0.29) is 5.41 Å². The summed E-state index contributed by atoms with van der Waals surface area (Å²) in [6, 6.07) is 11.4. The molecule has 160 valence electrons. The predicted octanol–water partition coefficient (Wildman–Crippen LogP) is 4.55. The summed E-state index contributed by atoms with van der Waals surface area (Å²) in [5.41, 5.74) is 3.97. The van der Waals surface area contributed by atoms with Gasteiger partial charge in [0.2, 0.25) is 0 Å². The summed E-state index contributed by atoms with van der Waals surface area (Å²) < 4.78 is 0. The van der Waals surface area contributed by atoms with E-state index in [2.05, 4.69) is 36.1 Å². The summed E-state index contributed by atoms with van der Waals surface area (Å²) in [5.74, 6) is 1.34. The van der Waals surface area contributed by atoms with Crippen molar-refractivity contribution in [1.82, 2.24) is 15.0 Å². The van der Waals surface area contributed by atoms with Crippen LogP contribution in [0.5, 0.6) is 0 Å². The first-order valence-corrected chi connectivity index (χ1v) is 10.4. The van der Waals surface area contributed by atoms with Gasteiger partial charge in [-0.2, -0.15) is 0 Å². The predicted molar refractivity (Wildman–Crippen MR) is 122 cm³/mol. The number of anilines is 3. The van der Waals surface area contributed by atoms with Crippen LogP contribution < -0.4 is 10.2 Å². The van der Waals surface area contributed by atoms with Gasteiger partial charge in [0.15, 0.2) is 0 Å². The highest BCUT2D eigenvalue weighted by atomic mass is 16.4. The van der Waals surface area contributed by atoms with Gasteiger partial charge >= 0.3 is 5.97 Å². The topological polar surface area (TPSA) is 91.2 Å². The Hall–Kier alpha value is -3.48. The zero-order valence-corrected chi connectivity index (χ0v) is 18.3. The smallest absolute Gasteiger partial charge is 0.326 e. The zero-order valence-electron chi connectivity index (χ0n) is 18.3. The third-order valence-electron chi connectivity index (χ3n) is 5.49. The fourth-order valence-corrected chi connectivity index (χ4v) is 3.60. The molecule has 3 aromatic rings. The van der Waals surface area contributed by atoms with E-state index in [9.17, 15) is 9.90 Å². The normalized spacial score (nSPS) is 16.0. The maximum atomic E-state index is 11.3. The molecular formula is C24H27N5O2. The largest absolute Gasteiger partial charge is 0.480 e. The van der Waals surface area contributed by atoms with Crippen molar-refractivity contribution in [3.63, 3.8) is 0 Å². The lowest BCUT2D eigenvalue weighted by atomic mass is 9.88. The first-order chi connectivity index (χ1) is 14.7. The second kappa shape index (κ2) is 7.98. The van der Waals surface area contributed by atoms with Crippen molar-refractivity contribution in [3.05, 3.63) is 59.9 Å². The lowest BCUT2D eigenvalue weighted by Gasteiger charge is -2.38. The van der Waals surface area contributed by atoms with E-state index in [1.165, 1.54) is 5.56 Å². The van der Waals surface area contributed by atoms with Crippen molar-refractivity contribution in [2.75, 3.05) is 16.8 Å². The SMILES string of the molecule is Cc1cc(Nc2cc(C(C)(C)C)ccn2)nc(-c2ccc(N3CCC3C(=O)O)nc2)c1. The summed E-state index contributed by atoms with van der Waals surface area (Å²) in [5, 5.41) is 12.6. The van der Waals surface area contributed by atoms with Gasteiger partial charge in [-0.25, -0.2) is 19.7 Å². The van der Waals surface area contributed by atoms with E-state index in [1.807, 2.05) is 49.5 Å². The Morgan fingerprint density at radius 2 is 1.94 bits per heavy atom. The van der Waals surface area contributed by atoms with Gasteiger partial charge in [0.1, 0.15) is 23.5 Å². The maximum Gasteiger partial charge on any atom is 0.326 e. The molecule has 1 fully saturated rings. The highest BCUT2D eigenvalue weighted by Gasteiger charge is 2.34. The van der Waals surface area contributed by atoms with Crippen molar-refractivity contribution in [2.45, 2.75) is 45.6 Å². The molecule has 7 heteroatoms. The Balaban J connectivity index is 1.56. The number of aliphatic carboxylic acids is 1. The van der Waals surface area contributed by atoms with Gasteiger partial charge in [-0.3, -0.25) is 0 Å². The lowest BCUT2D eigenvalue weighted by molar-refractivity contribution is -0.140. The molecule has 0 spiro atoms. The maximum absolute atomic E-state index is 11.3. The molecule has 1 aliphatic heterocycles. The third kappa shape index (κ3) is 4.50. The molecule has 1 unspecified atom stereocenters. The van der Waals surface area contributed by atoms with Crippen molar-refractivity contribution in [3.8, 4) is 11.3 Å². The molecule has 1 aliphatic rings. The second-order valence-corrected chi connectivity index (χ2v) is 8.96. The Morgan fingerprint density at radius 3 is 2.55 bits per heavy atom. The van der Waals surface area contributed by atoms with Crippen LogP contribution in [-0.4, -0.2) is 38.6 Å². The van der Waals surface area contributed by atoms with Gasteiger partial charge in [-0.1, -0.05) is 20.8 Å². The lowest BCUT2D eigenvalue weighted by Crippen LogP contribution is -2.52. The van der Waals surface area contributed by atoms with E-state index in [0.717, 1.165) is 22.6 Å². The first kappa shape index (κ1) is 20.8. The summed E-state index contributed by atoms with van der Waals surface area (Å²) >= 11 is 0. The number of carboxylic acids is 1. The number of pyridine rings is 3. The number of nitrogens with zero attached hydrogens (tertiary/aromatic N) is 4. The van der Waals surface area contributed by atoms with E-state index >= 15 is 0 Å². The molecule has 0 amide bonds. The van der Waals surface area contributed by atoms with Gasteiger partial charge < -0.3 is 15.3 Å². The van der Waals surface area contributed by atoms with Crippen LogP contribution in [0.15, 0.2) is 48.8 Å². The molecule has 0 radical (unpaired) electrons. The van der Waals surface area contributed by atoms with Crippen molar-refractivity contribution in [2.24, 2.45) is 0 Å². The number of carbonyl (C=O) groups is 1. The van der Waals surface area contributed by atoms with Crippen LogP contribution >= 0.6 is 0 Å². The van der Waals surface area contributed by atoms with Crippen LogP contribution in [0.4, 0.5) is 17.5 Å². The highest BCUT2D eigenvalue weighted by Crippen LogP contribution is 2.28. The molecule has 2 N–H and O–H groups in total. The monoisotopic (exact) mass is 417 g/mol. The molecule has 0 saturated carbocycles. The van der Waals surface area contributed by atoms with Crippen molar-refractivity contribution in [1.29, 1.82) is 0 Å². The van der Waals surface area contributed by atoms with E-state index < -0.39 is 12.0 Å². The molecule has 0 aromatic carbocycles. The Kier molecular flexibility index (Phi) is 5.35. The van der Waals surface area contributed by atoms with E-state index in [1.54, 1.807) is 11.1 Å². The zero-order chi connectivity index (χ0) is 22.2. The molecule has 4 rings (SSSR count). The number of rotatable bonds is 5. The average molecular weight is 418 g/mol. The first-order valence-electron chi connectivity index (χ1n) is 10.4. The Morgan fingerprint density at radius 1 is 1.13 bits per heavy atom. The van der Waals surface area contributed by atoms with Crippen molar-refractivity contribution >= 4 is 23.4 Å². The quantitative estimate of drug-likeness (QED) is 0.629. The fraction of sp³-hybridized carbons (Fsp3) is 0.333. The van der Waals surface area contributed by atoms with Gasteiger partial charge in [0, 0.05) is 24.5 Å². The number of hydrogen-bond acceptors (Lipinski definition) is 6. The number of aryl methyl sites for hydroxylation is 1. The summed E-state index contributed by atoms with van der Waals surface area (Å²) in [6.45, 7) is 9.25. The molecular weight excluding hydrogens is 390 g/mol. The van der Waals surface area contributed by atoms with Gasteiger partial charge in [-0.05, 0) is 66.3 Å². The minimum atomic E-state index is -0.808. The van der Waals surface area contributed by atoms with Crippen LogP contribution in [0.3, 0.4) is 0 Å². The van der Waals surface area contributed by atoms with Crippen LogP contribution in [-0.2, 0) is 10.2 Å². The molecule has 1 atom stereocenters. The Bertz CT molecular complexity index is 1110. The second-order valence-electron chi connectivity index (χ2n) is 8.96. The Labute approximate surface area is 182 Å². The number of hydrogen-bond donors (Lipinski definition) is 2. The van der Waals surface area contributed by atoms with E-state index in [0.29, 0.717) is 24.6 Å². The van der Waals surface area contributed by atoms with Crippen LogP contribution in [0.2, 0.25) is 0 Å². The molecule has 7 nitrogen and oxygen atoms in total. The van der Waals surface area contributed by atoms with Crippen LogP contribution in [0.1, 0.15) is 38.3 Å². The molecule has 31 heavy (non-hydrogen) atoms. The summed E-state index contributed by atoms with van der Waals surface area (Å²) in [7, 11) is 0. The molecule has 4 heterocycles. The fourth-order valence-electron chi connectivity index (χ4n) is 3.60. The molecule has 3 aromatic heterocycles. The minimum absolute atomic E-state index is 0.0358. The average Bonchev–Trinajstić information content (AvgIpc) is 2.66. The van der Waals surface area contributed by atoms with E-state index in [4.69, 9.17) is 4.98 Å². The minimum Gasteiger partial charge on any atom is -0.480 e. The van der Waals surface area contributed by atoms with Gasteiger partial charge in [-0.15, -0.1) is 0 Å². The molecule has 1 saturated heterocycles. The summed E-state index contributed by atoms with van der Waals surface area (Å²) in [6.07, 6.45) is 4.21. The van der Waals surface area contributed by atoms with Crippen molar-refractivity contribution < 1.29 is 9.90 Å². The highest BCUT2D eigenvalue weighted by molar-refractivity contribution is 5.80. The van der Waals surface area contributed by atoms with Crippen LogP contribution in [0.25, 0.3) is 11.3 Å². The molecule has 0 bridgehead atoms. The van der Waals surface area contributed by atoms with Gasteiger partial charge in [0.25, 0.3) is 0 Å². The number of nitrogens with one attached hydrogen (secondary N) is 1.